The number of nitrogens with zero attached hydrogens (tertiary/aromatic N) is 2. The van der Waals surface area contributed by atoms with E-state index in [4.69, 9.17) is 14.3 Å². The second-order valence-corrected chi connectivity index (χ2v) is 8.80. The molecule has 9 nitrogen and oxygen atoms in total. The molecule has 1 rings (SSSR count). The zero-order chi connectivity index (χ0) is 22.4. The maximum absolute atomic E-state index is 12.3. The highest BCUT2D eigenvalue weighted by Gasteiger charge is 2.36. The average Bonchev–Trinajstić information content (AvgIpc) is 3.01. The van der Waals surface area contributed by atoms with Crippen molar-refractivity contribution < 1.29 is 28.7 Å². The van der Waals surface area contributed by atoms with Crippen molar-refractivity contribution in [3.63, 3.8) is 0 Å². The van der Waals surface area contributed by atoms with Crippen molar-refractivity contribution in [2.24, 2.45) is 11.1 Å². The van der Waals surface area contributed by atoms with Gasteiger partial charge in [-0.25, -0.2) is 14.6 Å². The number of carbonyl (C=O) groups is 3. The third kappa shape index (κ3) is 7.80. The van der Waals surface area contributed by atoms with Gasteiger partial charge in [0.25, 0.3) is 0 Å². The molecule has 162 valence electrons. The van der Waals surface area contributed by atoms with Crippen LogP contribution >= 0.6 is 11.3 Å². The molecule has 1 N–H and O–H groups in total. The van der Waals surface area contributed by atoms with Crippen LogP contribution in [0.3, 0.4) is 0 Å². The van der Waals surface area contributed by atoms with Crippen LogP contribution in [0.2, 0.25) is 0 Å². The first-order valence-corrected chi connectivity index (χ1v) is 10.1. The highest BCUT2D eigenvalue weighted by atomic mass is 32.1. The second-order valence-electron chi connectivity index (χ2n) is 7.95. The van der Waals surface area contributed by atoms with E-state index >= 15 is 0 Å². The van der Waals surface area contributed by atoms with E-state index in [-0.39, 0.29) is 29.8 Å². The first-order valence-electron chi connectivity index (χ1n) is 9.20. The Morgan fingerprint density at radius 2 is 1.83 bits per heavy atom. The number of nitrogens with one attached hydrogen (secondary N) is 1. The Hall–Kier alpha value is -2.49. The van der Waals surface area contributed by atoms with Gasteiger partial charge in [0, 0.05) is 11.3 Å². The number of anilines is 1. The van der Waals surface area contributed by atoms with Gasteiger partial charge in [-0.3, -0.25) is 4.79 Å². The summed E-state index contributed by atoms with van der Waals surface area (Å²) in [5.41, 5.74) is -2.21. The summed E-state index contributed by atoms with van der Waals surface area (Å²) in [6.45, 7) is 13.4. The largest absolute Gasteiger partial charge is 0.461 e. The fourth-order valence-corrected chi connectivity index (χ4v) is 2.37. The van der Waals surface area contributed by atoms with Gasteiger partial charge in [-0.2, -0.15) is 0 Å². The van der Waals surface area contributed by atoms with Gasteiger partial charge in [-0.1, -0.05) is 19.0 Å². The van der Waals surface area contributed by atoms with Gasteiger partial charge < -0.3 is 19.6 Å². The molecule has 0 aliphatic carbocycles. The van der Waals surface area contributed by atoms with E-state index in [1.165, 1.54) is 19.2 Å². The van der Waals surface area contributed by atoms with Crippen LogP contribution in [0.15, 0.2) is 10.5 Å². The molecule has 0 atom stereocenters. The summed E-state index contributed by atoms with van der Waals surface area (Å²) < 4.78 is 10.3. The number of carbonyl (C=O) groups excluding carboxylic acids is 3. The Labute approximate surface area is 174 Å². The first-order chi connectivity index (χ1) is 13.3. The van der Waals surface area contributed by atoms with Crippen LogP contribution in [-0.4, -0.2) is 46.4 Å². The highest BCUT2D eigenvalue weighted by Crippen LogP contribution is 2.21. The van der Waals surface area contributed by atoms with E-state index in [9.17, 15) is 14.4 Å². The summed E-state index contributed by atoms with van der Waals surface area (Å²) in [5.74, 6) is -1.83. The molecule has 0 bridgehead atoms. The molecule has 29 heavy (non-hydrogen) atoms. The Kier molecular flexibility index (Phi) is 8.31. The predicted molar refractivity (Wildman–Crippen MR) is 110 cm³/mol. The number of aromatic nitrogens is 1. The van der Waals surface area contributed by atoms with Gasteiger partial charge >= 0.3 is 11.9 Å². The summed E-state index contributed by atoms with van der Waals surface area (Å²) in [7, 11) is 0. The number of oxime groups is 1. The van der Waals surface area contributed by atoms with Crippen LogP contribution in [0.25, 0.3) is 0 Å². The van der Waals surface area contributed by atoms with Crippen molar-refractivity contribution in [3.05, 3.63) is 11.1 Å². The molecule has 0 aliphatic rings. The van der Waals surface area contributed by atoms with E-state index < -0.39 is 23.1 Å². The molecule has 0 saturated heterocycles. The number of amides is 1. The van der Waals surface area contributed by atoms with E-state index in [1.54, 1.807) is 41.5 Å². The summed E-state index contributed by atoms with van der Waals surface area (Å²) in [6, 6.07) is 0. The lowest BCUT2D eigenvalue weighted by Gasteiger charge is -2.26. The molecule has 1 aromatic rings. The maximum atomic E-state index is 12.3. The Morgan fingerprint density at radius 1 is 1.21 bits per heavy atom. The minimum atomic E-state index is -1.45. The van der Waals surface area contributed by atoms with Crippen LogP contribution < -0.4 is 5.32 Å². The molecule has 1 amide bonds. The molecule has 0 radical (unpaired) electrons. The molecular weight excluding hydrogens is 398 g/mol. The van der Waals surface area contributed by atoms with E-state index in [1.807, 2.05) is 0 Å². The van der Waals surface area contributed by atoms with Gasteiger partial charge in [0.1, 0.15) is 11.3 Å². The predicted octanol–water partition coefficient (Wildman–Crippen LogP) is 3.14. The first kappa shape index (κ1) is 24.5. The highest BCUT2D eigenvalue weighted by molar-refractivity contribution is 7.14. The maximum Gasteiger partial charge on any atom is 0.362 e. The van der Waals surface area contributed by atoms with Crippen molar-refractivity contribution in [3.8, 4) is 0 Å². The third-order valence-corrected chi connectivity index (χ3v) is 3.98. The summed E-state index contributed by atoms with van der Waals surface area (Å²) in [5, 5.41) is 8.33. The smallest absolute Gasteiger partial charge is 0.362 e. The summed E-state index contributed by atoms with van der Waals surface area (Å²) in [4.78, 5) is 46.0. The zero-order valence-corrected chi connectivity index (χ0v) is 18.9. The third-order valence-electron chi connectivity index (χ3n) is 3.23. The molecule has 0 spiro atoms. The Morgan fingerprint density at radius 3 is 2.34 bits per heavy atom. The van der Waals surface area contributed by atoms with Crippen LogP contribution in [0, 0.1) is 5.92 Å². The molecule has 10 heteroatoms. The molecule has 1 aromatic heterocycles. The number of esters is 2. The number of hydrogen-bond acceptors (Lipinski definition) is 9. The normalized spacial score (nSPS) is 12.5. The lowest BCUT2D eigenvalue weighted by molar-refractivity contribution is -0.179. The van der Waals surface area contributed by atoms with Gasteiger partial charge in [0.05, 0.1) is 6.61 Å². The van der Waals surface area contributed by atoms with Gasteiger partial charge in [0.2, 0.25) is 17.2 Å². The van der Waals surface area contributed by atoms with Crippen molar-refractivity contribution in [2.45, 2.75) is 66.6 Å². The molecule has 0 aromatic carbocycles. The molecule has 0 fully saturated rings. The summed E-state index contributed by atoms with van der Waals surface area (Å²) in [6.07, 6.45) is 0. The lowest BCUT2D eigenvalue weighted by Crippen LogP contribution is -2.40. The Balaban J connectivity index is 3.10. The lowest BCUT2D eigenvalue weighted by atomic mass is 10.1. The quantitative estimate of drug-likeness (QED) is 0.385. The molecule has 0 aliphatic heterocycles. The van der Waals surface area contributed by atoms with Crippen molar-refractivity contribution in [1.82, 2.24) is 4.98 Å². The number of thiazole rings is 1. The molecular formula is C19H29N3O6S. The molecule has 0 saturated carbocycles. The van der Waals surface area contributed by atoms with Crippen LogP contribution in [-0.2, 0) is 28.7 Å². The SMILES string of the molecule is CCOC(=O)C(=NOC(C)(C)C(=O)OC(C)(C)C)c1csc(NC(=O)C(C)C)n1. The molecule has 1 heterocycles. The average molecular weight is 428 g/mol. The minimum absolute atomic E-state index is 0.119. The van der Waals surface area contributed by atoms with Gasteiger partial charge in [-0.05, 0) is 41.5 Å². The minimum Gasteiger partial charge on any atom is -0.461 e. The summed E-state index contributed by atoms with van der Waals surface area (Å²) >= 11 is 1.13. The number of ether oxygens (including phenoxy) is 2. The van der Waals surface area contributed by atoms with Crippen LogP contribution in [0.5, 0.6) is 0 Å². The Bertz CT molecular complexity index is 777. The van der Waals surface area contributed by atoms with Crippen molar-refractivity contribution >= 4 is 40.0 Å². The van der Waals surface area contributed by atoms with Crippen molar-refractivity contribution in [1.29, 1.82) is 0 Å². The number of hydrogen-bond donors (Lipinski definition) is 1. The zero-order valence-electron chi connectivity index (χ0n) is 18.1. The topological polar surface area (TPSA) is 116 Å². The van der Waals surface area contributed by atoms with E-state index in [0.29, 0.717) is 5.13 Å². The monoisotopic (exact) mass is 427 g/mol. The standard InChI is InChI=1S/C19H29N3O6S/c1-9-26-15(24)13(12-10-29-17(20-12)21-14(23)11(2)3)22-28-19(7,8)16(25)27-18(4,5)6/h10-11H,9H2,1-8H3,(H,20,21,23). The van der Waals surface area contributed by atoms with Crippen LogP contribution in [0.4, 0.5) is 5.13 Å². The van der Waals surface area contributed by atoms with Crippen molar-refractivity contribution in [2.75, 3.05) is 11.9 Å². The fourth-order valence-electron chi connectivity index (χ4n) is 1.68. The molecule has 0 unspecified atom stereocenters. The second kappa shape index (κ2) is 9.82. The van der Waals surface area contributed by atoms with E-state index in [0.717, 1.165) is 11.3 Å². The fraction of sp³-hybridized carbons (Fsp3) is 0.632. The van der Waals surface area contributed by atoms with E-state index in [2.05, 4.69) is 15.5 Å². The number of rotatable bonds is 8. The van der Waals surface area contributed by atoms with Crippen LogP contribution in [0.1, 0.15) is 61.1 Å². The van der Waals surface area contributed by atoms with Gasteiger partial charge in [0.15, 0.2) is 5.13 Å². The van der Waals surface area contributed by atoms with Gasteiger partial charge in [-0.15, -0.1) is 11.3 Å².